The summed E-state index contributed by atoms with van der Waals surface area (Å²) in [6.45, 7) is 3.74. The number of anilines is 1. The summed E-state index contributed by atoms with van der Waals surface area (Å²) in [5.41, 5.74) is 0.471. The van der Waals surface area contributed by atoms with Crippen molar-refractivity contribution in [2.45, 2.75) is 13.8 Å². The number of ether oxygens (including phenoxy) is 2. The van der Waals surface area contributed by atoms with Crippen LogP contribution in [0.25, 0.3) is 0 Å². The molecule has 1 aromatic carbocycles. The number of carbonyl (C=O) groups is 2. The lowest BCUT2D eigenvalue weighted by atomic mass is 10.2. The van der Waals surface area contributed by atoms with Gasteiger partial charge in [-0.3, -0.25) is 9.59 Å². The second kappa shape index (κ2) is 7.26. The van der Waals surface area contributed by atoms with E-state index in [2.05, 4.69) is 10.5 Å². The Labute approximate surface area is 127 Å². The standard InChI is InChI=1S/C15H16N2O5/c1-3-20-13-7-11(8-18)4-5-12(13)21-9-15(19)16-14-6-10(2)22-17-14/h4-8H,3,9H2,1-2H3,(H,16,17,19). The average Bonchev–Trinajstić information content (AvgIpc) is 2.91. The van der Waals surface area contributed by atoms with Gasteiger partial charge in [-0.1, -0.05) is 5.16 Å². The molecule has 0 fully saturated rings. The lowest BCUT2D eigenvalue weighted by Crippen LogP contribution is -2.20. The maximum Gasteiger partial charge on any atom is 0.263 e. The Morgan fingerprint density at radius 2 is 2.14 bits per heavy atom. The number of aromatic nitrogens is 1. The first kappa shape index (κ1) is 15.6. The van der Waals surface area contributed by atoms with Gasteiger partial charge in [-0.25, -0.2) is 0 Å². The quantitative estimate of drug-likeness (QED) is 0.789. The van der Waals surface area contributed by atoms with E-state index in [4.69, 9.17) is 14.0 Å². The van der Waals surface area contributed by atoms with Gasteiger partial charge in [0.1, 0.15) is 12.0 Å². The molecule has 1 amide bonds. The normalized spacial score (nSPS) is 10.1. The highest BCUT2D eigenvalue weighted by atomic mass is 16.5. The number of benzene rings is 1. The molecule has 1 aromatic heterocycles. The highest BCUT2D eigenvalue weighted by molar-refractivity contribution is 5.91. The van der Waals surface area contributed by atoms with Crippen LogP contribution in [0.1, 0.15) is 23.0 Å². The molecule has 2 rings (SSSR count). The molecular formula is C15H16N2O5. The number of amides is 1. The van der Waals surface area contributed by atoms with Gasteiger partial charge in [0.2, 0.25) is 0 Å². The summed E-state index contributed by atoms with van der Waals surface area (Å²) >= 11 is 0. The number of nitrogens with one attached hydrogen (secondary N) is 1. The number of nitrogens with zero attached hydrogens (tertiary/aromatic N) is 1. The van der Waals surface area contributed by atoms with Crippen molar-refractivity contribution < 1.29 is 23.6 Å². The van der Waals surface area contributed by atoms with E-state index in [9.17, 15) is 9.59 Å². The molecule has 0 aliphatic carbocycles. The van der Waals surface area contributed by atoms with Gasteiger partial charge in [-0.15, -0.1) is 0 Å². The summed E-state index contributed by atoms with van der Waals surface area (Å²) in [7, 11) is 0. The molecule has 0 aliphatic heterocycles. The summed E-state index contributed by atoms with van der Waals surface area (Å²) in [4.78, 5) is 22.5. The number of aldehydes is 1. The lowest BCUT2D eigenvalue weighted by Gasteiger charge is -2.11. The van der Waals surface area contributed by atoms with Crippen LogP contribution in [-0.2, 0) is 4.79 Å². The van der Waals surface area contributed by atoms with Crippen LogP contribution >= 0.6 is 0 Å². The monoisotopic (exact) mass is 304 g/mol. The van der Waals surface area contributed by atoms with Crippen molar-refractivity contribution >= 4 is 18.0 Å². The Kier molecular flexibility index (Phi) is 5.13. The fourth-order valence-electron chi connectivity index (χ4n) is 1.73. The molecule has 0 radical (unpaired) electrons. The van der Waals surface area contributed by atoms with Gasteiger partial charge < -0.3 is 19.3 Å². The zero-order valence-electron chi connectivity index (χ0n) is 12.3. The van der Waals surface area contributed by atoms with Gasteiger partial charge in [0.15, 0.2) is 23.9 Å². The molecule has 1 N–H and O–H groups in total. The third-order valence-corrected chi connectivity index (χ3v) is 2.66. The second-order valence-corrected chi connectivity index (χ2v) is 4.42. The molecule has 0 aliphatic rings. The summed E-state index contributed by atoms with van der Waals surface area (Å²) in [5, 5.41) is 6.20. The first-order chi connectivity index (χ1) is 10.6. The SMILES string of the molecule is CCOc1cc(C=O)ccc1OCC(=O)Nc1cc(C)on1. The number of hydrogen-bond acceptors (Lipinski definition) is 6. The van der Waals surface area contributed by atoms with E-state index in [1.54, 1.807) is 31.2 Å². The largest absolute Gasteiger partial charge is 0.490 e. The van der Waals surface area contributed by atoms with E-state index in [0.717, 1.165) is 0 Å². The maximum absolute atomic E-state index is 11.8. The number of aryl methyl sites for hydroxylation is 1. The van der Waals surface area contributed by atoms with Crippen LogP contribution < -0.4 is 14.8 Å². The Bertz CT molecular complexity index is 666. The summed E-state index contributed by atoms with van der Waals surface area (Å²) in [6.07, 6.45) is 0.714. The molecule has 0 saturated carbocycles. The fraction of sp³-hybridized carbons (Fsp3) is 0.267. The van der Waals surface area contributed by atoms with Crippen LogP contribution in [-0.4, -0.2) is 30.6 Å². The number of hydrogen-bond donors (Lipinski definition) is 1. The molecule has 22 heavy (non-hydrogen) atoms. The minimum Gasteiger partial charge on any atom is -0.490 e. The van der Waals surface area contributed by atoms with Crippen molar-refractivity contribution in [1.29, 1.82) is 0 Å². The number of rotatable bonds is 7. The summed E-state index contributed by atoms with van der Waals surface area (Å²) in [6, 6.07) is 6.33. The maximum atomic E-state index is 11.8. The van der Waals surface area contributed by atoms with Crippen molar-refractivity contribution in [2.24, 2.45) is 0 Å². The zero-order chi connectivity index (χ0) is 15.9. The van der Waals surface area contributed by atoms with Crippen molar-refractivity contribution in [1.82, 2.24) is 5.16 Å². The molecular weight excluding hydrogens is 288 g/mol. The third-order valence-electron chi connectivity index (χ3n) is 2.66. The van der Waals surface area contributed by atoms with E-state index in [1.165, 1.54) is 0 Å². The zero-order valence-corrected chi connectivity index (χ0v) is 12.3. The predicted molar refractivity (Wildman–Crippen MR) is 78.4 cm³/mol. The van der Waals surface area contributed by atoms with E-state index < -0.39 is 0 Å². The molecule has 0 atom stereocenters. The van der Waals surface area contributed by atoms with E-state index in [-0.39, 0.29) is 12.5 Å². The van der Waals surface area contributed by atoms with Gasteiger partial charge in [0.25, 0.3) is 5.91 Å². The lowest BCUT2D eigenvalue weighted by molar-refractivity contribution is -0.118. The predicted octanol–water partition coefficient (Wildman–Crippen LogP) is 2.21. The topological polar surface area (TPSA) is 90.7 Å². The van der Waals surface area contributed by atoms with Gasteiger partial charge >= 0.3 is 0 Å². The van der Waals surface area contributed by atoms with Crippen LogP contribution in [0.4, 0.5) is 5.82 Å². The van der Waals surface area contributed by atoms with Crippen molar-refractivity contribution in [3.05, 3.63) is 35.6 Å². The Morgan fingerprint density at radius 3 is 2.77 bits per heavy atom. The van der Waals surface area contributed by atoms with Crippen molar-refractivity contribution in [3.8, 4) is 11.5 Å². The number of carbonyl (C=O) groups excluding carboxylic acids is 2. The fourth-order valence-corrected chi connectivity index (χ4v) is 1.73. The van der Waals surface area contributed by atoms with Gasteiger partial charge in [-0.05, 0) is 32.0 Å². The molecule has 1 heterocycles. The Morgan fingerprint density at radius 1 is 1.32 bits per heavy atom. The Hall–Kier alpha value is -2.83. The van der Waals surface area contributed by atoms with E-state index in [1.807, 2.05) is 6.92 Å². The van der Waals surface area contributed by atoms with Crippen molar-refractivity contribution in [3.63, 3.8) is 0 Å². The van der Waals surface area contributed by atoms with Crippen LogP contribution in [0, 0.1) is 6.92 Å². The highest BCUT2D eigenvalue weighted by Crippen LogP contribution is 2.28. The minimum absolute atomic E-state index is 0.216. The van der Waals surface area contributed by atoms with Crippen LogP contribution in [0.15, 0.2) is 28.8 Å². The molecule has 116 valence electrons. The summed E-state index contributed by atoms with van der Waals surface area (Å²) in [5.74, 6) is 1.35. The first-order valence-electron chi connectivity index (χ1n) is 6.70. The van der Waals surface area contributed by atoms with E-state index in [0.29, 0.717) is 41.5 Å². The second-order valence-electron chi connectivity index (χ2n) is 4.42. The molecule has 7 nitrogen and oxygen atoms in total. The molecule has 2 aromatic rings. The third kappa shape index (κ3) is 4.08. The average molecular weight is 304 g/mol. The van der Waals surface area contributed by atoms with Gasteiger partial charge in [0, 0.05) is 11.6 Å². The van der Waals surface area contributed by atoms with Gasteiger partial charge in [-0.2, -0.15) is 0 Å². The van der Waals surface area contributed by atoms with E-state index >= 15 is 0 Å². The van der Waals surface area contributed by atoms with Crippen LogP contribution in [0.2, 0.25) is 0 Å². The van der Waals surface area contributed by atoms with Gasteiger partial charge in [0.05, 0.1) is 6.61 Å². The Balaban J connectivity index is 1.98. The van der Waals surface area contributed by atoms with Crippen LogP contribution in [0.5, 0.6) is 11.5 Å². The van der Waals surface area contributed by atoms with Crippen molar-refractivity contribution in [2.75, 3.05) is 18.5 Å². The molecule has 0 spiro atoms. The minimum atomic E-state index is -0.379. The molecule has 0 saturated heterocycles. The summed E-state index contributed by atoms with van der Waals surface area (Å²) < 4.78 is 15.7. The smallest absolute Gasteiger partial charge is 0.263 e. The first-order valence-corrected chi connectivity index (χ1v) is 6.70. The molecule has 0 bridgehead atoms. The molecule has 0 unspecified atom stereocenters. The highest BCUT2D eigenvalue weighted by Gasteiger charge is 2.10. The molecule has 7 heteroatoms. The van der Waals surface area contributed by atoms with Crippen LogP contribution in [0.3, 0.4) is 0 Å².